The van der Waals surface area contributed by atoms with Crippen molar-refractivity contribution in [2.75, 3.05) is 16.8 Å². The maximum atomic E-state index is 13.0. The van der Waals surface area contributed by atoms with Crippen molar-refractivity contribution in [2.24, 2.45) is 5.92 Å². The van der Waals surface area contributed by atoms with E-state index in [9.17, 15) is 9.59 Å². The Kier molecular flexibility index (Phi) is 6.34. The number of nitrogens with one attached hydrogen (secondary N) is 1. The van der Waals surface area contributed by atoms with Crippen LogP contribution in [0.1, 0.15) is 43.1 Å². The number of hydrogen-bond acceptors (Lipinski definition) is 2. The highest BCUT2D eigenvalue weighted by atomic mass is 16.2. The summed E-state index contributed by atoms with van der Waals surface area (Å²) < 4.78 is 0. The Labute approximate surface area is 149 Å². The van der Waals surface area contributed by atoms with Crippen LogP contribution in [0.25, 0.3) is 0 Å². The van der Waals surface area contributed by atoms with Gasteiger partial charge in [0.15, 0.2) is 0 Å². The van der Waals surface area contributed by atoms with E-state index in [2.05, 4.69) is 12.2 Å². The molecule has 2 aromatic carbocycles. The van der Waals surface area contributed by atoms with E-state index in [1.807, 2.05) is 45.0 Å². The van der Waals surface area contributed by atoms with E-state index in [0.29, 0.717) is 17.8 Å². The highest BCUT2D eigenvalue weighted by Crippen LogP contribution is 2.21. The Morgan fingerprint density at radius 3 is 2.44 bits per heavy atom. The van der Waals surface area contributed by atoms with Crippen molar-refractivity contribution in [2.45, 2.75) is 34.1 Å². The van der Waals surface area contributed by atoms with Crippen LogP contribution in [-0.4, -0.2) is 18.4 Å². The zero-order valence-electron chi connectivity index (χ0n) is 15.4. The smallest absolute Gasteiger partial charge is 0.258 e. The molecule has 0 fully saturated rings. The van der Waals surface area contributed by atoms with Gasteiger partial charge < -0.3 is 10.2 Å². The molecule has 0 radical (unpaired) electrons. The minimum absolute atomic E-state index is 0.0614. The number of benzene rings is 2. The van der Waals surface area contributed by atoms with Gasteiger partial charge in [-0.2, -0.15) is 0 Å². The Bertz CT molecular complexity index is 753. The van der Waals surface area contributed by atoms with Crippen LogP contribution in [0.5, 0.6) is 0 Å². The average Bonchev–Trinajstić information content (AvgIpc) is 2.59. The van der Waals surface area contributed by atoms with Crippen LogP contribution in [0.3, 0.4) is 0 Å². The SMILES string of the molecule is CCCN(C(=O)c1cccc(NC(=O)C(C)C)c1)c1cccc(C)c1. The van der Waals surface area contributed by atoms with Crippen molar-refractivity contribution < 1.29 is 9.59 Å². The lowest BCUT2D eigenvalue weighted by Crippen LogP contribution is -2.31. The van der Waals surface area contributed by atoms with Crippen LogP contribution < -0.4 is 10.2 Å². The quantitative estimate of drug-likeness (QED) is 0.834. The molecule has 0 aromatic heterocycles. The first-order valence-electron chi connectivity index (χ1n) is 8.71. The highest BCUT2D eigenvalue weighted by molar-refractivity contribution is 6.07. The second kappa shape index (κ2) is 8.47. The Balaban J connectivity index is 2.29. The molecule has 2 amide bonds. The number of rotatable bonds is 6. The first-order valence-corrected chi connectivity index (χ1v) is 8.71. The minimum Gasteiger partial charge on any atom is -0.326 e. The van der Waals surface area contributed by atoms with Crippen molar-refractivity contribution in [3.63, 3.8) is 0 Å². The second-order valence-corrected chi connectivity index (χ2v) is 6.52. The molecular formula is C21H26N2O2. The number of carbonyl (C=O) groups excluding carboxylic acids is 2. The van der Waals surface area contributed by atoms with Gasteiger partial charge in [-0.3, -0.25) is 9.59 Å². The van der Waals surface area contributed by atoms with Gasteiger partial charge >= 0.3 is 0 Å². The molecule has 0 aliphatic heterocycles. The van der Waals surface area contributed by atoms with E-state index in [0.717, 1.165) is 17.7 Å². The number of aryl methyl sites for hydroxylation is 1. The maximum Gasteiger partial charge on any atom is 0.258 e. The third kappa shape index (κ3) is 4.92. The van der Waals surface area contributed by atoms with Crippen LogP contribution >= 0.6 is 0 Å². The molecule has 0 unspecified atom stereocenters. The van der Waals surface area contributed by atoms with Crippen molar-refractivity contribution in [1.29, 1.82) is 0 Å². The molecule has 0 saturated heterocycles. The number of anilines is 2. The van der Waals surface area contributed by atoms with Crippen LogP contribution in [-0.2, 0) is 4.79 Å². The molecule has 132 valence electrons. The standard InChI is InChI=1S/C21H26N2O2/c1-5-12-23(19-11-6-8-16(4)13-19)21(25)17-9-7-10-18(14-17)22-20(24)15(2)3/h6-11,13-15H,5,12H2,1-4H3,(H,22,24). The molecule has 2 aromatic rings. The van der Waals surface area contributed by atoms with E-state index in [-0.39, 0.29) is 17.7 Å². The van der Waals surface area contributed by atoms with Crippen LogP contribution in [0.2, 0.25) is 0 Å². The van der Waals surface area contributed by atoms with Gasteiger partial charge in [0.1, 0.15) is 0 Å². The van der Waals surface area contributed by atoms with E-state index < -0.39 is 0 Å². The van der Waals surface area contributed by atoms with Crippen LogP contribution in [0, 0.1) is 12.8 Å². The summed E-state index contributed by atoms with van der Waals surface area (Å²) in [5, 5.41) is 2.85. The zero-order valence-corrected chi connectivity index (χ0v) is 15.4. The van der Waals surface area contributed by atoms with Gasteiger partial charge in [-0.15, -0.1) is 0 Å². The summed E-state index contributed by atoms with van der Waals surface area (Å²) >= 11 is 0. The van der Waals surface area contributed by atoms with Gasteiger partial charge in [-0.05, 0) is 49.2 Å². The van der Waals surface area contributed by atoms with Gasteiger partial charge in [-0.25, -0.2) is 0 Å². The van der Waals surface area contributed by atoms with Gasteiger partial charge in [0.05, 0.1) is 0 Å². The summed E-state index contributed by atoms with van der Waals surface area (Å²) in [7, 11) is 0. The molecule has 0 aliphatic rings. The summed E-state index contributed by atoms with van der Waals surface area (Å²) in [6.45, 7) is 8.39. The molecule has 1 N–H and O–H groups in total. The van der Waals surface area contributed by atoms with E-state index >= 15 is 0 Å². The number of hydrogen-bond donors (Lipinski definition) is 1. The molecule has 2 rings (SSSR count). The fourth-order valence-corrected chi connectivity index (χ4v) is 2.54. The van der Waals surface area contributed by atoms with Gasteiger partial charge in [0, 0.05) is 29.4 Å². The molecular weight excluding hydrogens is 312 g/mol. The lowest BCUT2D eigenvalue weighted by molar-refractivity contribution is -0.118. The third-order valence-corrected chi connectivity index (χ3v) is 3.91. The highest BCUT2D eigenvalue weighted by Gasteiger charge is 2.18. The average molecular weight is 338 g/mol. The van der Waals surface area contributed by atoms with E-state index in [1.54, 1.807) is 29.2 Å². The van der Waals surface area contributed by atoms with Crippen molar-refractivity contribution in [3.05, 3.63) is 59.7 Å². The fourth-order valence-electron chi connectivity index (χ4n) is 2.54. The molecule has 0 heterocycles. The largest absolute Gasteiger partial charge is 0.326 e. The zero-order chi connectivity index (χ0) is 18.4. The molecule has 0 spiro atoms. The normalized spacial score (nSPS) is 10.6. The number of nitrogens with zero attached hydrogens (tertiary/aromatic N) is 1. The molecule has 4 nitrogen and oxygen atoms in total. The van der Waals surface area contributed by atoms with E-state index in [4.69, 9.17) is 0 Å². The molecule has 0 saturated carbocycles. The molecule has 25 heavy (non-hydrogen) atoms. The lowest BCUT2D eigenvalue weighted by Gasteiger charge is -2.23. The number of carbonyl (C=O) groups is 2. The summed E-state index contributed by atoms with van der Waals surface area (Å²) in [6.07, 6.45) is 0.865. The maximum absolute atomic E-state index is 13.0. The molecule has 4 heteroatoms. The Hall–Kier alpha value is -2.62. The fraction of sp³-hybridized carbons (Fsp3) is 0.333. The minimum atomic E-state index is -0.108. The predicted octanol–water partition coefficient (Wildman–Crippen LogP) is 4.65. The first-order chi connectivity index (χ1) is 11.9. The van der Waals surface area contributed by atoms with Gasteiger partial charge in [0.2, 0.25) is 5.91 Å². The molecule has 0 bridgehead atoms. The lowest BCUT2D eigenvalue weighted by atomic mass is 10.1. The predicted molar refractivity (Wildman–Crippen MR) is 103 cm³/mol. The summed E-state index contributed by atoms with van der Waals surface area (Å²) in [5.41, 5.74) is 3.22. The van der Waals surface area contributed by atoms with Crippen molar-refractivity contribution in [1.82, 2.24) is 0 Å². The summed E-state index contributed by atoms with van der Waals surface area (Å²) in [4.78, 5) is 26.7. The first kappa shape index (κ1) is 18.7. The molecule has 0 aliphatic carbocycles. The van der Waals surface area contributed by atoms with Gasteiger partial charge in [-0.1, -0.05) is 39.0 Å². The van der Waals surface area contributed by atoms with Gasteiger partial charge in [0.25, 0.3) is 5.91 Å². The topological polar surface area (TPSA) is 49.4 Å². The van der Waals surface area contributed by atoms with Crippen molar-refractivity contribution >= 4 is 23.2 Å². The summed E-state index contributed by atoms with van der Waals surface area (Å²) in [6, 6.07) is 15.0. The van der Waals surface area contributed by atoms with Crippen LogP contribution in [0.4, 0.5) is 11.4 Å². The Morgan fingerprint density at radius 2 is 1.80 bits per heavy atom. The van der Waals surface area contributed by atoms with E-state index in [1.165, 1.54) is 0 Å². The molecule has 0 atom stereocenters. The van der Waals surface area contributed by atoms with Crippen molar-refractivity contribution in [3.8, 4) is 0 Å². The van der Waals surface area contributed by atoms with Crippen LogP contribution in [0.15, 0.2) is 48.5 Å². The Morgan fingerprint density at radius 1 is 1.08 bits per heavy atom. The summed E-state index contributed by atoms with van der Waals surface area (Å²) in [5.74, 6) is -0.231. The number of amides is 2. The second-order valence-electron chi connectivity index (χ2n) is 6.52. The third-order valence-electron chi connectivity index (χ3n) is 3.91. The monoisotopic (exact) mass is 338 g/mol.